The van der Waals surface area contributed by atoms with Crippen molar-refractivity contribution >= 4 is 50.6 Å². The molecule has 1 aromatic heterocycles. The lowest BCUT2D eigenvalue weighted by atomic mass is 10.5. The minimum absolute atomic E-state index is 0.687. The molecule has 0 bridgehead atoms. The van der Waals surface area contributed by atoms with Crippen LogP contribution in [0.3, 0.4) is 0 Å². The van der Waals surface area contributed by atoms with Gasteiger partial charge >= 0.3 is 0 Å². The molecule has 62 valence electrons. The van der Waals surface area contributed by atoms with Crippen LogP contribution in [0, 0.1) is 0 Å². The van der Waals surface area contributed by atoms with Gasteiger partial charge in [-0.3, -0.25) is 4.90 Å². The highest BCUT2D eigenvalue weighted by molar-refractivity contribution is 8.39. The summed E-state index contributed by atoms with van der Waals surface area (Å²) in [5.41, 5.74) is 0. The normalized spacial score (nSPS) is 17.5. The number of hydrogen-bond donors (Lipinski definition) is 0. The molecule has 1 aromatic rings. The van der Waals surface area contributed by atoms with E-state index in [2.05, 4.69) is 0 Å². The number of nitrogens with zero attached hydrogens (tertiary/aromatic N) is 1. The van der Waals surface area contributed by atoms with Crippen LogP contribution < -0.4 is 4.90 Å². The van der Waals surface area contributed by atoms with E-state index in [0.29, 0.717) is 6.54 Å². The maximum atomic E-state index is 5.20. The first-order valence-electron chi connectivity index (χ1n) is 3.33. The van der Waals surface area contributed by atoms with Gasteiger partial charge in [0.15, 0.2) is 0 Å². The summed E-state index contributed by atoms with van der Waals surface area (Å²) < 4.78 is 6.87. The Morgan fingerprint density at radius 1 is 1.50 bits per heavy atom. The van der Waals surface area contributed by atoms with E-state index in [4.69, 9.17) is 28.9 Å². The van der Waals surface area contributed by atoms with Crippen molar-refractivity contribution in [3.63, 3.8) is 0 Å². The van der Waals surface area contributed by atoms with Crippen LogP contribution in [0.2, 0.25) is 0 Å². The molecular weight excluding hydrogens is 210 g/mol. The Bertz CT molecular complexity index is 319. The van der Waals surface area contributed by atoms with Crippen LogP contribution in [0.5, 0.6) is 0 Å². The van der Waals surface area contributed by atoms with Crippen LogP contribution in [-0.4, -0.2) is 15.1 Å². The third-order valence-electron chi connectivity index (χ3n) is 1.48. The molecule has 1 aliphatic rings. The molecule has 12 heavy (non-hydrogen) atoms. The van der Waals surface area contributed by atoms with Gasteiger partial charge in [0.25, 0.3) is 0 Å². The molecule has 0 aromatic carbocycles. The lowest BCUT2D eigenvalue weighted by molar-refractivity contribution is 0.571. The van der Waals surface area contributed by atoms with Crippen LogP contribution in [0.1, 0.15) is 0 Å². The summed E-state index contributed by atoms with van der Waals surface area (Å²) in [6.07, 6.45) is 1.63. The molecule has 0 spiro atoms. The van der Waals surface area contributed by atoms with E-state index >= 15 is 0 Å². The second-order valence-electron chi connectivity index (χ2n) is 2.28. The number of anilines is 1. The van der Waals surface area contributed by atoms with Gasteiger partial charge in [-0.25, -0.2) is 0 Å². The standard InChI is InChI=1S/C7H5NOS3/c10-6-4-8(7(11)12-6)5-2-1-3-9-5/h1-3H,4H2. The van der Waals surface area contributed by atoms with Crippen molar-refractivity contribution < 1.29 is 4.42 Å². The molecule has 2 rings (SSSR count). The zero-order valence-electron chi connectivity index (χ0n) is 6.02. The summed E-state index contributed by atoms with van der Waals surface area (Å²) in [6, 6.07) is 3.71. The molecule has 1 aliphatic heterocycles. The first-order chi connectivity index (χ1) is 5.77. The molecule has 0 saturated carbocycles. The van der Waals surface area contributed by atoms with Gasteiger partial charge in [-0.2, -0.15) is 0 Å². The summed E-state index contributed by atoms with van der Waals surface area (Å²) in [5, 5.41) is 0. The van der Waals surface area contributed by atoms with Gasteiger partial charge in [-0.1, -0.05) is 36.2 Å². The molecule has 1 saturated heterocycles. The summed E-state index contributed by atoms with van der Waals surface area (Å²) in [4.78, 5) is 1.89. The minimum Gasteiger partial charge on any atom is -0.448 e. The van der Waals surface area contributed by atoms with Crippen LogP contribution in [0.15, 0.2) is 22.8 Å². The highest BCUT2D eigenvalue weighted by Gasteiger charge is 2.24. The fourth-order valence-corrected chi connectivity index (χ4v) is 2.60. The molecule has 2 nitrogen and oxygen atoms in total. The molecule has 0 atom stereocenters. The summed E-state index contributed by atoms with van der Waals surface area (Å²) in [5.74, 6) is 0.771. The molecule has 0 radical (unpaired) electrons. The van der Waals surface area contributed by atoms with Crippen LogP contribution in [-0.2, 0) is 0 Å². The average Bonchev–Trinajstić information content (AvgIpc) is 2.58. The van der Waals surface area contributed by atoms with Gasteiger partial charge in [-0.15, -0.1) is 0 Å². The zero-order chi connectivity index (χ0) is 8.55. The van der Waals surface area contributed by atoms with Crippen LogP contribution in [0.25, 0.3) is 0 Å². The maximum absolute atomic E-state index is 5.20. The first-order valence-corrected chi connectivity index (χ1v) is 4.96. The number of thioether (sulfide) groups is 1. The number of hydrogen-bond acceptors (Lipinski definition) is 4. The SMILES string of the molecule is S=C1CN(c2ccco2)C(=S)S1. The van der Waals surface area contributed by atoms with Crippen molar-refractivity contribution in [3.05, 3.63) is 18.4 Å². The van der Waals surface area contributed by atoms with Crippen LogP contribution >= 0.6 is 36.2 Å². The average molecular weight is 215 g/mol. The number of thiocarbonyl (C=S) groups is 2. The van der Waals surface area contributed by atoms with Gasteiger partial charge in [0, 0.05) is 6.07 Å². The Hall–Kier alpha value is -0.390. The molecule has 5 heteroatoms. The van der Waals surface area contributed by atoms with Crippen molar-refractivity contribution in [2.75, 3.05) is 11.4 Å². The highest BCUT2D eigenvalue weighted by Crippen LogP contribution is 2.27. The smallest absolute Gasteiger partial charge is 0.201 e. The highest BCUT2D eigenvalue weighted by atomic mass is 32.2. The quantitative estimate of drug-likeness (QED) is 0.667. The van der Waals surface area contributed by atoms with Crippen molar-refractivity contribution in [2.45, 2.75) is 0 Å². The van der Waals surface area contributed by atoms with Gasteiger partial charge in [0.2, 0.25) is 5.88 Å². The van der Waals surface area contributed by atoms with E-state index in [1.54, 1.807) is 6.26 Å². The van der Waals surface area contributed by atoms with E-state index in [9.17, 15) is 0 Å². The number of rotatable bonds is 1. The molecule has 1 fully saturated rings. The lowest BCUT2D eigenvalue weighted by Gasteiger charge is -2.10. The largest absolute Gasteiger partial charge is 0.448 e. The molecular formula is C7H5NOS3. The van der Waals surface area contributed by atoms with E-state index in [1.165, 1.54) is 11.8 Å². The summed E-state index contributed by atoms with van der Waals surface area (Å²) >= 11 is 11.6. The van der Waals surface area contributed by atoms with Crippen LogP contribution in [0.4, 0.5) is 5.88 Å². The van der Waals surface area contributed by atoms with Crippen molar-refractivity contribution in [1.29, 1.82) is 0 Å². The van der Waals surface area contributed by atoms with Gasteiger partial charge in [-0.05, 0) is 6.07 Å². The second kappa shape index (κ2) is 3.16. The lowest BCUT2D eigenvalue weighted by Crippen LogP contribution is -2.21. The Kier molecular flexibility index (Phi) is 2.16. The first kappa shape index (κ1) is 8.22. The molecule has 0 unspecified atom stereocenters. The predicted octanol–water partition coefficient (Wildman–Crippen LogP) is 2.45. The third kappa shape index (κ3) is 1.39. The van der Waals surface area contributed by atoms with Gasteiger partial charge in [0.05, 0.1) is 17.0 Å². The number of furan rings is 1. The summed E-state index contributed by atoms with van der Waals surface area (Å²) in [6.45, 7) is 0.687. The fourth-order valence-electron chi connectivity index (χ4n) is 0.970. The van der Waals surface area contributed by atoms with Gasteiger partial charge < -0.3 is 4.42 Å². The monoisotopic (exact) mass is 215 g/mol. The Labute approximate surface area is 84.9 Å². The van der Waals surface area contributed by atoms with E-state index in [-0.39, 0.29) is 0 Å². The zero-order valence-corrected chi connectivity index (χ0v) is 8.47. The van der Waals surface area contributed by atoms with Gasteiger partial charge in [0.1, 0.15) is 4.32 Å². The molecule has 2 heterocycles. The predicted molar refractivity (Wildman–Crippen MR) is 58.8 cm³/mol. The molecule has 0 aliphatic carbocycles. The maximum Gasteiger partial charge on any atom is 0.201 e. The topological polar surface area (TPSA) is 16.4 Å². The summed E-state index contributed by atoms with van der Waals surface area (Å²) in [7, 11) is 0. The Morgan fingerprint density at radius 2 is 2.33 bits per heavy atom. The minimum atomic E-state index is 0.687. The van der Waals surface area contributed by atoms with E-state index < -0.39 is 0 Å². The third-order valence-corrected chi connectivity index (χ3v) is 3.08. The molecule has 0 amide bonds. The van der Waals surface area contributed by atoms with E-state index in [1.807, 2.05) is 17.0 Å². The Balaban J connectivity index is 2.26. The van der Waals surface area contributed by atoms with Crippen molar-refractivity contribution in [1.82, 2.24) is 0 Å². The van der Waals surface area contributed by atoms with Crippen molar-refractivity contribution in [3.8, 4) is 0 Å². The Morgan fingerprint density at radius 3 is 2.83 bits per heavy atom. The van der Waals surface area contributed by atoms with Crippen molar-refractivity contribution in [2.24, 2.45) is 0 Å². The van der Waals surface area contributed by atoms with E-state index in [0.717, 1.165) is 14.4 Å². The fraction of sp³-hybridized carbons (Fsp3) is 0.143. The molecule has 0 N–H and O–H groups in total. The second-order valence-corrected chi connectivity index (χ2v) is 4.76.